The summed E-state index contributed by atoms with van der Waals surface area (Å²) in [6.45, 7) is 5.27. The Labute approximate surface area is 136 Å². The smallest absolute Gasteiger partial charge is 0.233 e. The van der Waals surface area contributed by atoms with Crippen molar-refractivity contribution in [3.05, 3.63) is 53.2 Å². The highest BCUT2D eigenvalue weighted by atomic mass is 16.5. The molecule has 5 heteroatoms. The monoisotopic (exact) mass is 311 g/mol. The van der Waals surface area contributed by atoms with Gasteiger partial charge in [-0.15, -0.1) is 5.10 Å². The van der Waals surface area contributed by atoms with Crippen LogP contribution in [0.15, 0.2) is 36.4 Å². The Morgan fingerprint density at radius 3 is 2.87 bits per heavy atom. The summed E-state index contributed by atoms with van der Waals surface area (Å²) < 4.78 is 5.81. The molecule has 0 aliphatic carbocycles. The summed E-state index contributed by atoms with van der Waals surface area (Å²) in [4.78, 5) is 14.3. The third kappa shape index (κ3) is 4.06. The number of ether oxygens (including phenoxy) is 1. The maximum Gasteiger partial charge on any atom is 0.233 e. The average Bonchev–Trinajstić information content (AvgIpc) is 2.98. The van der Waals surface area contributed by atoms with Gasteiger partial charge in [0.2, 0.25) is 11.8 Å². The van der Waals surface area contributed by atoms with Gasteiger partial charge in [-0.1, -0.05) is 29.8 Å². The van der Waals surface area contributed by atoms with Crippen LogP contribution < -0.4 is 4.74 Å². The van der Waals surface area contributed by atoms with E-state index in [4.69, 9.17) is 4.74 Å². The molecule has 1 amide bonds. The van der Waals surface area contributed by atoms with Gasteiger partial charge in [0.15, 0.2) is 0 Å². The van der Waals surface area contributed by atoms with Crippen molar-refractivity contribution in [3.8, 4) is 5.88 Å². The molecule has 1 aliphatic heterocycles. The standard InChI is InChI=1S/C18H21N3O2/c1-13-4-3-5-15(10-13)11-18(22)21-9-8-16(12-21)23-17-7-6-14(2)19-20-17/h3-7,10,16H,8-9,11-12H2,1-2H3/t16-/m1/s1. The van der Waals surface area contributed by atoms with Crippen LogP contribution in [-0.4, -0.2) is 40.2 Å². The summed E-state index contributed by atoms with van der Waals surface area (Å²) in [5.41, 5.74) is 3.10. The number of amides is 1. The second-order valence-electron chi connectivity index (χ2n) is 6.05. The molecule has 0 N–H and O–H groups in total. The molecular formula is C18H21N3O2. The topological polar surface area (TPSA) is 55.3 Å². The molecule has 0 bridgehead atoms. The number of aryl methyl sites for hydroxylation is 2. The number of rotatable bonds is 4. The molecule has 0 unspecified atom stereocenters. The Kier molecular flexibility index (Phi) is 4.55. The zero-order valence-corrected chi connectivity index (χ0v) is 13.5. The van der Waals surface area contributed by atoms with Crippen LogP contribution in [0.2, 0.25) is 0 Å². The number of carbonyl (C=O) groups is 1. The van der Waals surface area contributed by atoms with E-state index in [1.54, 1.807) is 0 Å². The number of aromatic nitrogens is 2. The van der Waals surface area contributed by atoms with Crippen molar-refractivity contribution in [3.63, 3.8) is 0 Å². The van der Waals surface area contributed by atoms with Crippen molar-refractivity contribution in [2.75, 3.05) is 13.1 Å². The number of benzene rings is 1. The average molecular weight is 311 g/mol. The number of nitrogens with zero attached hydrogens (tertiary/aromatic N) is 3. The Morgan fingerprint density at radius 1 is 1.26 bits per heavy atom. The highest BCUT2D eigenvalue weighted by molar-refractivity contribution is 5.79. The van der Waals surface area contributed by atoms with E-state index in [1.165, 1.54) is 5.56 Å². The quantitative estimate of drug-likeness (QED) is 0.869. The molecule has 2 heterocycles. The fraction of sp³-hybridized carbons (Fsp3) is 0.389. The van der Waals surface area contributed by atoms with Crippen molar-refractivity contribution >= 4 is 5.91 Å². The predicted octanol–water partition coefficient (Wildman–Crippen LogP) is 2.32. The summed E-state index contributed by atoms with van der Waals surface area (Å²) in [5.74, 6) is 0.672. The van der Waals surface area contributed by atoms with Crippen LogP contribution in [0.5, 0.6) is 5.88 Å². The summed E-state index contributed by atoms with van der Waals surface area (Å²) in [7, 11) is 0. The first kappa shape index (κ1) is 15.5. The summed E-state index contributed by atoms with van der Waals surface area (Å²) >= 11 is 0. The van der Waals surface area contributed by atoms with E-state index >= 15 is 0 Å². The molecule has 5 nitrogen and oxygen atoms in total. The molecule has 120 valence electrons. The maximum atomic E-state index is 12.4. The second-order valence-corrected chi connectivity index (χ2v) is 6.05. The molecule has 3 rings (SSSR count). The number of hydrogen-bond donors (Lipinski definition) is 0. The van der Waals surface area contributed by atoms with Gasteiger partial charge in [-0.05, 0) is 25.5 Å². The number of carbonyl (C=O) groups excluding carboxylic acids is 1. The van der Waals surface area contributed by atoms with Crippen LogP contribution in [0.4, 0.5) is 0 Å². The van der Waals surface area contributed by atoms with E-state index < -0.39 is 0 Å². The fourth-order valence-electron chi connectivity index (χ4n) is 2.78. The van der Waals surface area contributed by atoms with E-state index in [2.05, 4.69) is 16.3 Å². The zero-order valence-electron chi connectivity index (χ0n) is 13.5. The highest BCUT2D eigenvalue weighted by Gasteiger charge is 2.27. The van der Waals surface area contributed by atoms with Crippen LogP contribution in [0.25, 0.3) is 0 Å². The van der Waals surface area contributed by atoms with Gasteiger partial charge in [0.1, 0.15) is 6.10 Å². The van der Waals surface area contributed by atoms with Gasteiger partial charge < -0.3 is 9.64 Å². The molecule has 1 saturated heterocycles. The molecule has 1 fully saturated rings. The van der Waals surface area contributed by atoms with E-state index in [9.17, 15) is 4.79 Å². The molecule has 1 aliphatic rings. The minimum Gasteiger partial charge on any atom is -0.471 e. The van der Waals surface area contributed by atoms with Crippen LogP contribution in [0.3, 0.4) is 0 Å². The van der Waals surface area contributed by atoms with Gasteiger partial charge in [0.05, 0.1) is 18.7 Å². The van der Waals surface area contributed by atoms with Gasteiger partial charge in [-0.2, -0.15) is 5.10 Å². The van der Waals surface area contributed by atoms with Crippen molar-refractivity contribution in [1.82, 2.24) is 15.1 Å². The van der Waals surface area contributed by atoms with E-state index in [0.29, 0.717) is 18.8 Å². The molecule has 1 atom stereocenters. The summed E-state index contributed by atoms with van der Waals surface area (Å²) in [6.07, 6.45) is 1.27. The molecule has 0 spiro atoms. The van der Waals surface area contributed by atoms with E-state index in [1.807, 2.05) is 49.1 Å². The van der Waals surface area contributed by atoms with Crippen molar-refractivity contribution < 1.29 is 9.53 Å². The van der Waals surface area contributed by atoms with Gasteiger partial charge in [0.25, 0.3) is 0 Å². The normalized spacial score (nSPS) is 17.3. The van der Waals surface area contributed by atoms with Gasteiger partial charge in [0, 0.05) is 19.0 Å². The summed E-state index contributed by atoms with van der Waals surface area (Å²) in [5, 5.41) is 8.00. The van der Waals surface area contributed by atoms with Crippen LogP contribution >= 0.6 is 0 Å². The molecule has 23 heavy (non-hydrogen) atoms. The fourth-order valence-corrected chi connectivity index (χ4v) is 2.78. The zero-order chi connectivity index (χ0) is 16.2. The maximum absolute atomic E-state index is 12.4. The number of likely N-dealkylation sites (tertiary alicyclic amines) is 1. The van der Waals surface area contributed by atoms with Crippen molar-refractivity contribution in [2.45, 2.75) is 32.8 Å². The third-order valence-electron chi connectivity index (χ3n) is 4.00. The lowest BCUT2D eigenvalue weighted by atomic mass is 10.1. The lowest BCUT2D eigenvalue weighted by molar-refractivity contribution is -0.129. The van der Waals surface area contributed by atoms with Crippen LogP contribution in [0, 0.1) is 13.8 Å². The predicted molar refractivity (Wildman–Crippen MR) is 87.3 cm³/mol. The molecule has 0 saturated carbocycles. The van der Waals surface area contributed by atoms with Crippen LogP contribution in [-0.2, 0) is 11.2 Å². The van der Waals surface area contributed by atoms with E-state index in [0.717, 1.165) is 24.2 Å². The second kappa shape index (κ2) is 6.77. The minimum atomic E-state index is -0.00605. The Balaban J connectivity index is 1.54. The van der Waals surface area contributed by atoms with Gasteiger partial charge in [-0.25, -0.2) is 0 Å². The van der Waals surface area contributed by atoms with Crippen molar-refractivity contribution in [1.29, 1.82) is 0 Å². The Hall–Kier alpha value is -2.43. The SMILES string of the molecule is Cc1cccc(CC(=O)N2CC[C@@H](Oc3ccc(C)nn3)C2)c1. The van der Waals surface area contributed by atoms with Crippen LogP contribution in [0.1, 0.15) is 23.2 Å². The first-order valence-corrected chi connectivity index (χ1v) is 7.90. The Morgan fingerprint density at radius 2 is 2.13 bits per heavy atom. The molecule has 1 aromatic heterocycles. The van der Waals surface area contributed by atoms with Gasteiger partial charge in [-0.3, -0.25) is 4.79 Å². The molecule has 1 aromatic carbocycles. The Bertz CT molecular complexity index is 685. The largest absolute Gasteiger partial charge is 0.471 e. The lowest BCUT2D eigenvalue weighted by Gasteiger charge is -2.17. The minimum absolute atomic E-state index is 0.00605. The molecule has 2 aromatic rings. The van der Waals surface area contributed by atoms with E-state index in [-0.39, 0.29) is 12.0 Å². The van der Waals surface area contributed by atoms with Crippen molar-refractivity contribution in [2.24, 2.45) is 0 Å². The lowest BCUT2D eigenvalue weighted by Crippen LogP contribution is -2.32. The molecule has 0 radical (unpaired) electrons. The molecular weight excluding hydrogens is 290 g/mol. The highest BCUT2D eigenvalue weighted by Crippen LogP contribution is 2.17. The summed E-state index contributed by atoms with van der Waals surface area (Å²) in [6, 6.07) is 11.8. The first-order valence-electron chi connectivity index (χ1n) is 7.90. The third-order valence-corrected chi connectivity index (χ3v) is 4.00. The number of hydrogen-bond acceptors (Lipinski definition) is 4. The first-order chi connectivity index (χ1) is 11.1. The van der Waals surface area contributed by atoms with Gasteiger partial charge >= 0.3 is 0 Å².